The topological polar surface area (TPSA) is 49.3 Å². The molecule has 0 fully saturated rings. The van der Waals surface area contributed by atoms with Crippen LogP contribution >= 0.6 is 11.6 Å². The fourth-order valence-electron chi connectivity index (χ4n) is 1.36. The van der Waals surface area contributed by atoms with E-state index in [9.17, 15) is 9.90 Å². The highest BCUT2D eigenvalue weighted by molar-refractivity contribution is 6.21. The summed E-state index contributed by atoms with van der Waals surface area (Å²) in [6.07, 6.45) is 0. The van der Waals surface area contributed by atoms with Gasteiger partial charge in [-0.1, -0.05) is 26.0 Å². The van der Waals surface area contributed by atoms with Crippen molar-refractivity contribution in [2.75, 3.05) is 6.54 Å². The number of phenols is 1. The van der Waals surface area contributed by atoms with Crippen LogP contribution in [-0.2, 0) is 0 Å². The fourth-order valence-corrected chi connectivity index (χ4v) is 1.44. The summed E-state index contributed by atoms with van der Waals surface area (Å²) in [5, 5.41) is 12.4. The zero-order chi connectivity index (χ0) is 13.0. The van der Waals surface area contributed by atoms with Gasteiger partial charge in [0.15, 0.2) is 0 Å². The van der Waals surface area contributed by atoms with E-state index in [1.165, 1.54) is 0 Å². The Hall–Kier alpha value is -1.22. The predicted octanol–water partition coefficient (Wildman–Crippen LogP) is 2.69. The Morgan fingerprint density at radius 1 is 1.47 bits per heavy atom. The van der Waals surface area contributed by atoms with Crippen LogP contribution in [0.4, 0.5) is 0 Å². The van der Waals surface area contributed by atoms with Gasteiger partial charge in [0.05, 0.1) is 10.9 Å². The Labute approximate surface area is 107 Å². The summed E-state index contributed by atoms with van der Waals surface area (Å²) in [5.74, 6) is 0.0289. The van der Waals surface area contributed by atoms with E-state index in [1.807, 2.05) is 13.8 Å². The highest BCUT2D eigenvalue weighted by Crippen LogP contribution is 2.21. The van der Waals surface area contributed by atoms with Gasteiger partial charge in [-0.2, -0.15) is 0 Å². The van der Waals surface area contributed by atoms with Gasteiger partial charge in [0.1, 0.15) is 5.75 Å². The molecule has 0 aliphatic carbocycles. The maximum atomic E-state index is 11.8. The molecular weight excluding hydrogens is 238 g/mol. The van der Waals surface area contributed by atoms with Crippen LogP contribution in [0.1, 0.15) is 29.8 Å². The molecule has 0 radical (unpaired) electrons. The summed E-state index contributed by atoms with van der Waals surface area (Å²) >= 11 is 6.04. The van der Waals surface area contributed by atoms with Gasteiger partial charge in [-0.15, -0.1) is 11.6 Å². The van der Waals surface area contributed by atoms with E-state index in [-0.39, 0.29) is 22.6 Å². The van der Waals surface area contributed by atoms with Gasteiger partial charge in [0.25, 0.3) is 5.91 Å². The summed E-state index contributed by atoms with van der Waals surface area (Å²) in [6, 6.07) is 5.09. The van der Waals surface area contributed by atoms with Crippen LogP contribution in [0, 0.1) is 12.8 Å². The smallest absolute Gasteiger partial charge is 0.255 e. The lowest BCUT2D eigenvalue weighted by Gasteiger charge is -2.14. The molecule has 1 aromatic carbocycles. The second kappa shape index (κ2) is 5.92. The molecule has 17 heavy (non-hydrogen) atoms. The summed E-state index contributed by atoms with van der Waals surface area (Å²) in [4.78, 5) is 11.8. The number of alkyl halides is 1. The van der Waals surface area contributed by atoms with Gasteiger partial charge in [0.2, 0.25) is 0 Å². The molecule has 4 heteroatoms. The predicted molar refractivity (Wildman–Crippen MR) is 69.7 cm³/mol. The van der Waals surface area contributed by atoms with Crippen molar-refractivity contribution >= 4 is 17.5 Å². The standard InChI is InChI=1S/C13H18ClNO2/c1-8(2)11(14)7-15-13(17)10-6-4-5-9(3)12(10)16/h4-6,8,11,16H,7H2,1-3H3,(H,15,17). The molecule has 1 atom stereocenters. The molecule has 2 N–H and O–H groups in total. The van der Waals surface area contributed by atoms with Crippen molar-refractivity contribution < 1.29 is 9.90 Å². The number of para-hydroxylation sites is 1. The molecule has 0 aliphatic rings. The second-order valence-electron chi connectivity index (χ2n) is 4.44. The molecular formula is C13H18ClNO2. The van der Waals surface area contributed by atoms with Gasteiger partial charge in [-0.25, -0.2) is 0 Å². The Balaban J connectivity index is 2.68. The third kappa shape index (κ3) is 3.63. The number of aromatic hydroxyl groups is 1. The van der Waals surface area contributed by atoms with Gasteiger partial charge in [0, 0.05) is 6.54 Å². The SMILES string of the molecule is Cc1cccc(C(=O)NCC(Cl)C(C)C)c1O. The average Bonchev–Trinajstić information content (AvgIpc) is 2.29. The Bertz CT molecular complexity index is 404. The van der Waals surface area contributed by atoms with Gasteiger partial charge >= 0.3 is 0 Å². The zero-order valence-electron chi connectivity index (χ0n) is 10.3. The number of halogens is 1. The van der Waals surface area contributed by atoms with E-state index in [2.05, 4.69) is 5.32 Å². The van der Waals surface area contributed by atoms with Crippen LogP contribution in [0.5, 0.6) is 5.75 Å². The van der Waals surface area contributed by atoms with Crippen LogP contribution in [0.25, 0.3) is 0 Å². The van der Waals surface area contributed by atoms with Crippen molar-refractivity contribution in [1.29, 1.82) is 0 Å². The molecule has 1 rings (SSSR count). The van der Waals surface area contributed by atoms with Crippen molar-refractivity contribution in [1.82, 2.24) is 5.32 Å². The minimum Gasteiger partial charge on any atom is -0.507 e. The van der Waals surface area contributed by atoms with Crippen molar-refractivity contribution in [3.8, 4) is 5.75 Å². The van der Waals surface area contributed by atoms with E-state index in [0.29, 0.717) is 18.0 Å². The third-order valence-electron chi connectivity index (χ3n) is 2.66. The number of hydrogen-bond acceptors (Lipinski definition) is 2. The average molecular weight is 256 g/mol. The first kappa shape index (κ1) is 13.8. The number of nitrogens with one attached hydrogen (secondary N) is 1. The summed E-state index contributed by atoms with van der Waals surface area (Å²) in [5.41, 5.74) is 0.974. The fraction of sp³-hybridized carbons (Fsp3) is 0.462. The molecule has 0 saturated heterocycles. The molecule has 94 valence electrons. The number of phenolic OH excluding ortho intramolecular Hbond substituents is 1. The van der Waals surface area contributed by atoms with Crippen molar-refractivity contribution in [3.63, 3.8) is 0 Å². The van der Waals surface area contributed by atoms with Gasteiger partial charge < -0.3 is 10.4 Å². The van der Waals surface area contributed by atoms with Crippen molar-refractivity contribution in [3.05, 3.63) is 29.3 Å². The van der Waals surface area contributed by atoms with E-state index in [4.69, 9.17) is 11.6 Å². The first-order valence-electron chi connectivity index (χ1n) is 5.64. The normalized spacial score (nSPS) is 12.5. The lowest BCUT2D eigenvalue weighted by molar-refractivity contribution is 0.0949. The molecule has 3 nitrogen and oxygen atoms in total. The number of carbonyl (C=O) groups is 1. The Kier molecular flexibility index (Phi) is 4.82. The van der Waals surface area contributed by atoms with Crippen LogP contribution in [0.15, 0.2) is 18.2 Å². The number of aryl methyl sites for hydroxylation is 1. The monoisotopic (exact) mass is 255 g/mol. The first-order chi connectivity index (χ1) is 7.93. The lowest BCUT2D eigenvalue weighted by Crippen LogP contribution is -2.32. The highest BCUT2D eigenvalue weighted by atomic mass is 35.5. The number of amides is 1. The maximum Gasteiger partial charge on any atom is 0.255 e. The van der Waals surface area contributed by atoms with E-state index in [0.717, 1.165) is 0 Å². The molecule has 0 saturated carbocycles. The van der Waals surface area contributed by atoms with Gasteiger partial charge in [-0.05, 0) is 24.5 Å². The van der Waals surface area contributed by atoms with Crippen molar-refractivity contribution in [2.45, 2.75) is 26.1 Å². The second-order valence-corrected chi connectivity index (χ2v) is 5.00. The third-order valence-corrected chi connectivity index (χ3v) is 3.32. The number of benzene rings is 1. The van der Waals surface area contributed by atoms with Gasteiger partial charge in [-0.3, -0.25) is 4.79 Å². The molecule has 1 unspecified atom stereocenters. The van der Waals surface area contributed by atoms with Crippen LogP contribution in [-0.4, -0.2) is 22.9 Å². The van der Waals surface area contributed by atoms with E-state index in [1.54, 1.807) is 25.1 Å². The Morgan fingerprint density at radius 3 is 2.71 bits per heavy atom. The van der Waals surface area contributed by atoms with Crippen molar-refractivity contribution in [2.24, 2.45) is 5.92 Å². The Morgan fingerprint density at radius 2 is 2.12 bits per heavy atom. The molecule has 1 aromatic rings. The largest absolute Gasteiger partial charge is 0.507 e. The van der Waals surface area contributed by atoms with E-state index < -0.39 is 0 Å². The van der Waals surface area contributed by atoms with Crippen LogP contribution < -0.4 is 5.32 Å². The summed E-state index contributed by atoms with van der Waals surface area (Å²) in [7, 11) is 0. The molecule has 0 aliphatic heterocycles. The first-order valence-corrected chi connectivity index (χ1v) is 6.08. The molecule has 0 heterocycles. The summed E-state index contributed by atoms with van der Waals surface area (Å²) in [6.45, 7) is 6.14. The summed E-state index contributed by atoms with van der Waals surface area (Å²) < 4.78 is 0. The molecule has 0 bridgehead atoms. The van der Waals surface area contributed by atoms with Crippen LogP contribution in [0.3, 0.4) is 0 Å². The quantitative estimate of drug-likeness (QED) is 0.813. The van der Waals surface area contributed by atoms with E-state index >= 15 is 0 Å². The van der Waals surface area contributed by atoms with Crippen LogP contribution in [0.2, 0.25) is 0 Å². The minimum absolute atomic E-state index is 0.0284. The minimum atomic E-state index is -0.294. The number of rotatable bonds is 4. The molecule has 0 aromatic heterocycles. The number of hydrogen-bond donors (Lipinski definition) is 2. The zero-order valence-corrected chi connectivity index (χ0v) is 11.1. The number of carbonyl (C=O) groups excluding carboxylic acids is 1. The maximum absolute atomic E-state index is 11.8. The lowest BCUT2D eigenvalue weighted by atomic mass is 10.1. The molecule has 1 amide bonds. The highest BCUT2D eigenvalue weighted by Gasteiger charge is 2.15. The molecule has 0 spiro atoms.